The molecule has 0 saturated carbocycles. The van der Waals surface area contributed by atoms with Crippen molar-refractivity contribution in [3.8, 4) is 5.75 Å². The first-order chi connectivity index (χ1) is 10.7. The van der Waals surface area contributed by atoms with Crippen LogP contribution in [0.3, 0.4) is 0 Å². The number of hydrogen-bond acceptors (Lipinski definition) is 5. The highest BCUT2D eigenvalue weighted by molar-refractivity contribution is 6.05. The summed E-state index contributed by atoms with van der Waals surface area (Å²) in [6.07, 6.45) is 0. The lowest BCUT2D eigenvalue weighted by Gasteiger charge is -2.29. The molecule has 2 heterocycles. The van der Waals surface area contributed by atoms with Gasteiger partial charge in [0.2, 0.25) is 0 Å². The fraction of sp³-hybridized carbons (Fsp3) is 0.235. The summed E-state index contributed by atoms with van der Waals surface area (Å²) in [4.78, 5) is 14.3. The fourth-order valence-electron chi connectivity index (χ4n) is 2.92. The SMILES string of the molecule is O=c1oc2cc(O)ccc2c2cc(N3CCOCC3)ccc12. The third-order valence-corrected chi connectivity index (χ3v) is 4.06. The zero-order valence-electron chi connectivity index (χ0n) is 11.9. The van der Waals surface area contributed by atoms with Gasteiger partial charge in [-0.15, -0.1) is 0 Å². The van der Waals surface area contributed by atoms with Gasteiger partial charge in [0, 0.05) is 35.6 Å². The van der Waals surface area contributed by atoms with E-state index in [9.17, 15) is 9.90 Å². The van der Waals surface area contributed by atoms with Gasteiger partial charge in [-0.3, -0.25) is 0 Å². The number of hydrogen-bond donors (Lipinski definition) is 1. The number of ether oxygens (including phenoxy) is 1. The molecule has 0 radical (unpaired) electrons. The molecule has 0 bridgehead atoms. The molecule has 22 heavy (non-hydrogen) atoms. The van der Waals surface area contributed by atoms with E-state index in [1.807, 2.05) is 12.1 Å². The first-order valence-corrected chi connectivity index (χ1v) is 7.25. The summed E-state index contributed by atoms with van der Waals surface area (Å²) in [5, 5.41) is 11.8. The number of benzene rings is 2. The van der Waals surface area contributed by atoms with E-state index in [1.54, 1.807) is 18.2 Å². The molecule has 2 aromatic carbocycles. The summed E-state index contributed by atoms with van der Waals surface area (Å²) in [6.45, 7) is 3.10. The molecular weight excluding hydrogens is 282 g/mol. The van der Waals surface area contributed by atoms with Crippen LogP contribution in [0.25, 0.3) is 21.7 Å². The Kier molecular flexibility index (Phi) is 3.01. The van der Waals surface area contributed by atoms with Crippen molar-refractivity contribution in [3.05, 3.63) is 46.8 Å². The number of fused-ring (bicyclic) bond motifs is 3. The summed E-state index contributed by atoms with van der Waals surface area (Å²) in [5.74, 6) is 0.0827. The van der Waals surface area contributed by atoms with E-state index in [1.165, 1.54) is 6.07 Å². The van der Waals surface area contributed by atoms with Crippen molar-refractivity contribution >= 4 is 27.4 Å². The second kappa shape index (κ2) is 5.03. The highest BCUT2D eigenvalue weighted by atomic mass is 16.5. The quantitative estimate of drug-likeness (QED) is 0.552. The molecular formula is C17H15NO4. The number of morpholine rings is 1. The topological polar surface area (TPSA) is 62.9 Å². The molecule has 0 unspecified atom stereocenters. The van der Waals surface area contributed by atoms with Crippen molar-refractivity contribution in [2.75, 3.05) is 31.2 Å². The predicted octanol–water partition coefficient (Wildman–Crippen LogP) is 2.49. The normalized spacial score (nSPS) is 15.5. The van der Waals surface area contributed by atoms with Crippen molar-refractivity contribution in [3.63, 3.8) is 0 Å². The highest BCUT2D eigenvalue weighted by Crippen LogP contribution is 2.29. The predicted molar refractivity (Wildman–Crippen MR) is 84.7 cm³/mol. The minimum atomic E-state index is -0.387. The van der Waals surface area contributed by atoms with E-state index >= 15 is 0 Å². The van der Waals surface area contributed by atoms with E-state index in [0.29, 0.717) is 24.2 Å². The van der Waals surface area contributed by atoms with Crippen molar-refractivity contribution in [2.24, 2.45) is 0 Å². The minimum Gasteiger partial charge on any atom is -0.508 e. The molecule has 0 atom stereocenters. The molecule has 1 aromatic heterocycles. The molecule has 0 spiro atoms. The maximum absolute atomic E-state index is 12.1. The Morgan fingerprint density at radius 1 is 0.955 bits per heavy atom. The summed E-state index contributed by atoms with van der Waals surface area (Å²) in [7, 11) is 0. The van der Waals surface area contributed by atoms with Crippen LogP contribution in [0.15, 0.2) is 45.6 Å². The largest absolute Gasteiger partial charge is 0.508 e. The second-order valence-corrected chi connectivity index (χ2v) is 5.40. The molecule has 0 amide bonds. The third-order valence-electron chi connectivity index (χ3n) is 4.06. The van der Waals surface area contributed by atoms with E-state index in [0.717, 1.165) is 29.5 Å². The number of aromatic hydroxyl groups is 1. The van der Waals surface area contributed by atoms with Gasteiger partial charge in [0.15, 0.2) is 0 Å². The average Bonchev–Trinajstić information content (AvgIpc) is 2.55. The van der Waals surface area contributed by atoms with Gasteiger partial charge in [-0.25, -0.2) is 4.79 Å². The third kappa shape index (κ3) is 2.10. The van der Waals surface area contributed by atoms with Crippen LogP contribution in [-0.4, -0.2) is 31.4 Å². The van der Waals surface area contributed by atoms with Crippen LogP contribution in [-0.2, 0) is 4.74 Å². The van der Waals surface area contributed by atoms with Gasteiger partial charge in [0.1, 0.15) is 11.3 Å². The van der Waals surface area contributed by atoms with Crippen LogP contribution in [0.4, 0.5) is 5.69 Å². The van der Waals surface area contributed by atoms with E-state index in [2.05, 4.69) is 4.90 Å². The maximum atomic E-state index is 12.1. The van der Waals surface area contributed by atoms with Gasteiger partial charge < -0.3 is 19.2 Å². The first-order valence-electron chi connectivity index (χ1n) is 7.25. The molecule has 3 aromatic rings. The van der Waals surface area contributed by atoms with Gasteiger partial charge in [-0.2, -0.15) is 0 Å². The van der Waals surface area contributed by atoms with E-state index in [-0.39, 0.29) is 11.4 Å². The molecule has 0 aliphatic carbocycles. The number of nitrogens with zero attached hydrogens (tertiary/aromatic N) is 1. The van der Waals surface area contributed by atoms with Gasteiger partial charge in [0.25, 0.3) is 0 Å². The Bertz CT molecular complexity index is 910. The first kappa shape index (κ1) is 13.2. The molecule has 4 rings (SSSR count). The Morgan fingerprint density at radius 2 is 1.73 bits per heavy atom. The number of phenolic OH excluding ortho intramolecular Hbond substituents is 1. The molecule has 1 N–H and O–H groups in total. The maximum Gasteiger partial charge on any atom is 0.344 e. The molecule has 1 fully saturated rings. The van der Waals surface area contributed by atoms with Gasteiger partial charge in [0.05, 0.1) is 18.6 Å². The molecule has 5 heteroatoms. The molecule has 5 nitrogen and oxygen atoms in total. The highest BCUT2D eigenvalue weighted by Gasteiger charge is 2.14. The lowest BCUT2D eigenvalue weighted by Crippen LogP contribution is -2.36. The summed E-state index contributed by atoms with van der Waals surface area (Å²) in [6, 6.07) is 10.6. The van der Waals surface area contributed by atoms with Crippen molar-refractivity contribution in [2.45, 2.75) is 0 Å². The van der Waals surface area contributed by atoms with Crippen LogP contribution in [0.1, 0.15) is 0 Å². The van der Waals surface area contributed by atoms with E-state index < -0.39 is 0 Å². The Morgan fingerprint density at radius 3 is 2.55 bits per heavy atom. The molecule has 1 aliphatic rings. The van der Waals surface area contributed by atoms with Gasteiger partial charge in [-0.1, -0.05) is 0 Å². The van der Waals surface area contributed by atoms with Gasteiger partial charge >= 0.3 is 5.63 Å². The number of rotatable bonds is 1. The second-order valence-electron chi connectivity index (χ2n) is 5.40. The molecule has 1 saturated heterocycles. The van der Waals surface area contributed by atoms with E-state index in [4.69, 9.17) is 9.15 Å². The number of anilines is 1. The lowest BCUT2D eigenvalue weighted by molar-refractivity contribution is 0.122. The smallest absolute Gasteiger partial charge is 0.344 e. The standard InChI is InChI=1S/C17H15NO4/c19-12-2-4-13-15-9-11(18-5-7-21-8-6-18)1-3-14(15)17(20)22-16(13)10-12/h1-4,9-10,19H,5-8H2. The Hall–Kier alpha value is -2.53. The van der Waals surface area contributed by atoms with Gasteiger partial charge in [-0.05, 0) is 30.3 Å². The van der Waals surface area contributed by atoms with Crippen LogP contribution in [0, 0.1) is 0 Å². The average molecular weight is 297 g/mol. The molecule has 1 aliphatic heterocycles. The fourth-order valence-corrected chi connectivity index (χ4v) is 2.92. The van der Waals surface area contributed by atoms with Crippen LogP contribution >= 0.6 is 0 Å². The zero-order chi connectivity index (χ0) is 15.1. The molecule has 112 valence electrons. The van der Waals surface area contributed by atoms with Crippen LogP contribution in [0.5, 0.6) is 5.75 Å². The van der Waals surface area contributed by atoms with Crippen molar-refractivity contribution in [1.29, 1.82) is 0 Å². The Balaban J connectivity index is 1.96. The zero-order valence-corrected chi connectivity index (χ0v) is 11.9. The van der Waals surface area contributed by atoms with Crippen molar-refractivity contribution in [1.82, 2.24) is 0 Å². The van der Waals surface area contributed by atoms with Crippen LogP contribution in [0.2, 0.25) is 0 Å². The summed E-state index contributed by atoms with van der Waals surface area (Å²) in [5.41, 5.74) is 1.08. The summed E-state index contributed by atoms with van der Waals surface area (Å²) >= 11 is 0. The van der Waals surface area contributed by atoms with Crippen molar-refractivity contribution < 1.29 is 14.3 Å². The van der Waals surface area contributed by atoms with Crippen LogP contribution < -0.4 is 10.5 Å². The monoisotopic (exact) mass is 297 g/mol. The summed E-state index contributed by atoms with van der Waals surface area (Å²) < 4.78 is 10.7. The Labute approximate surface area is 126 Å². The minimum absolute atomic E-state index is 0.0827. The lowest BCUT2D eigenvalue weighted by atomic mass is 10.1. The number of phenols is 1.